The van der Waals surface area contributed by atoms with Crippen molar-refractivity contribution in [2.45, 2.75) is 26.7 Å². The molecule has 0 aliphatic heterocycles. The smallest absolute Gasteiger partial charge is 0.0624 e. The molecule has 0 aromatic carbocycles. The summed E-state index contributed by atoms with van der Waals surface area (Å²) in [5.74, 6) is 0. The number of allylic oxidation sites excluding steroid dienone is 3. The van der Waals surface area contributed by atoms with Crippen molar-refractivity contribution in [3.63, 3.8) is 0 Å². The Balaban J connectivity index is 2.62. The van der Waals surface area contributed by atoms with E-state index >= 15 is 0 Å². The number of aryl methyl sites for hydroxylation is 2. The van der Waals surface area contributed by atoms with E-state index in [9.17, 15) is 0 Å². The van der Waals surface area contributed by atoms with Crippen LogP contribution >= 0.6 is 23.2 Å². The summed E-state index contributed by atoms with van der Waals surface area (Å²) in [6.45, 7) is 7.59. The van der Waals surface area contributed by atoms with Crippen molar-refractivity contribution in [2.75, 3.05) is 0 Å². The first-order valence-corrected chi connectivity index (χ1v) is 5.89. The lowest BCUT2D eigenvalue weighted by molar-refractivity contribution is 0.935. The van der Waals surface area contributed by atoms with Crippen molar-refractivity contribution < 1.29 is 0 Å². The van der Waals surface area contributed by atoms with Crippen LogP contribution in [0.4, 0.5) is 0 Å². The first-order valence-electron chi connectivity index (χ1n) is 5.13. The second-order valence-electron chi connectivity index (χ2n) is 3.77. The molecule has 3 heteroatoms. The molecule has 0 bridgehead atoms. The first-order chi connectivity index (χ1) is 7.50. The fraction of sp³-hybridized carbons (Fsp3) is 0.308. The minimum absolute atomic E-state index is 0.586. The van der Waals surface area contributed by atoms with Gasteiger partial charge in [0.2, 0.25) is 0 Å². The van der Waals surface area contributed by atoms with Gasteiger partial charge in [0.25, 0.3) is 0 Å². The Kier molecular flexibility index (Phi) is 5.04. The van der Waals surface area contributed by atoms with E-state index in [0.29, 0.717) is 5.03 Å². The van der Waals surface area contributed by atoms with Gasteiger partial charge in [0.15, 0.2) is 0 Å². The average Bonchev–Trinajstić information content (AvgIpc) is 2.20. The summed E-state index contributed by atoms with van der Waals surface area (Å²) in [4.78, 5) is 4.30. The normalized spacial score (nSPS) is 11.6. The molecule has 0 atom stereocenters. The summed E-state index contributed by atoms with van der Waals surface area (Å²) in [5.41, 5.74) is 3.01. The van der Waals surface area contributed by atoms with Gasteiger partial charge in [-0.15, -0.1) is 0 Å². The summed E-state index contributed by atoms with van der Waals surface area (Å²) in [7, 11) is 0. The second kappa shape index (κ2) is 6.07. The van der Waals surface area contributed by atoms with Gasteiger partial charge < -0.3 is 0 Å². The number of hydrogen-bond donors (Lipinski definition) is 0. The van der Waals surface area contributed by atoms with Crippen LogP contribution in [0.25, 0.3) is 0 Å². The largest absolute Gasteiger partial charge is 0.259 e. The molecule has 0 aliphatic rings. The lowest BCUT2D eigenvalue weighted by Crippen LogP contribution is -1.91. The number of aromatic nitrogens is 1. The summed E-state index contributed by atoms with van der Waals surface area (Å²) in [6.07, 6.45) is 5.57. The van der Waals surface area contributed by atoms with Crippen molar-refractivity contribution >= 4 is 23.2 Å². The molecule has 0 N–H and O–H groups in total. The average molecular weight is 256 g/mol. The fourth-order valence-electron chi connectivity index (χ4n) is 1.28. The molecule has 16 heavy (non-hydrogen) atoms. The number of nitrogens with zero attached hydrogens (tertiary/aromatic N) is 1. The van der Waals surface area contributed by atoms with Gasteiger partial charge in [0, 0.05) is 11.2 Å². The van der Waals surface area contributed by atoms with Crippen LogP contribution in [0.5, 0.6) is 0 Å². The molecule has 0 amide bonds. The highest BCUT2D eigenvalue weighted by atomic mass is 35.5. The van der Waals surface area contributed by atoms with Crippen LogP contribution in [-0.4, -0.2) is 4.98 Å². The van der Waals surface area contributed by atoms with Gasteiger partial charge in [-0.1, -0.05) is 35.9 Å². The predicted octanol–water partition coefficient (Wildman–Crippen LogP) is 4.67. The highest BCUT2D eigenvalue weighted by Gasteiger charge is 2.01. The molecule has 0 radical (unpaired) electrons. The Labute approximate surface area is 107 Å². The highest BCUT2D eigenvalue weighted by molar-refractivity contribution is 6.31. The van der Waals surface area contributed by atoms with Gasteiger partial charge in [0.05, 0.1) is 10.7 Å². The minimum Gasteiger partial charge on any atom is -0.259 e. The molecule has 1 rings (SSSR count). The van der Waals surface area contributed by atoms with Crippen LogP contribution in [0, 0.1) is 6.92 Å². The predicted molar refractivity (Wildman–Crippen MR) is 71.1 cm³/mol. The number of rotatable bonds is 4. The Morgan fingerprint density at radius 3 is 2.81 bits per heavy atom. The Hall–Kier alpha value is -0.790. The number of halogens is 2. The van der Waals surface area contributed by atoms with Crippen LogP contribution in [0.15, 0.2) is 35.5 Å². The monoisotopic (exact) mass is 255 g/mol. The van der Waals surface area contributed by atoms with E-state index in [0.717, 1.165) is 34.7 Å². The molecule has 0 unspecified atom stereocenters. The molecule has 1 heterocycles. The van der Waals surface area contributed by atoms with Crippen molar-refractivity contribution in [1.29, 1.82) is 0 Å². The lowest BCUT2D eigenvalue weighted by atomic mass is 10.1. The molecule has 0 saturated heterocycles. The molecule has 1 aromatic rings. The van der Waals surface area contributed by atoms with E-state index in [4.69, 9.17) is 23.2 Å². The fourth-order valence-corrected chi connectivity index (χ4v) is 1.67. The molecular weight excluding hydrogens is 241 g/mol. The van der Waals surface area contributed by atoms with Crippen LogP contribution in [-0.2, 0) is 6.42 Å². The quantitative estimate of drug-likeness (QED) is 0.713. The van der Waals surface area contributed by atoms with Crippen LogP contribution in [0.3, 0.4) is 0 Å². The van der Waals surface area contributed by atoms with E-state index in [2.05, 4.69) is 11.6 Å². The van der Waals surface area contributed by atoms with Gasteiger partial charge in [-0.3, -0.25) is 4.98 Å². The summed E-state index contributed by atoms with van der Waals surface area (Å²) >= 11 is 11.8. The first kappa shape index (κ1) is 13.3. The maximum Gasteiger partial charge on any atom is 0.0624 e. The maximum atomic E-state index is 6.08. The molecule has 86 valence electrons. The van der Waals surface area contributed by atoms with Crippen LogP contribution < -0.4 is 0 Å². The number of hydrogen-bond acceptors (Lipinski definition) is 1. The molecule has 1 aromatic heterocycles. The summed E-state index contributed by atoms with van der Waals surface area (Å²) in [5, 5.41) is 1.32. The molecule has 1 nitrogen and oxygen atoms in total. The van der Waals surface area contributed by atoms with Crippen LogP contribution in [0.1, 0.15) is 24.6 Å². The third kappa shape index (κ3) is 3.99. The SMILES string of the molecule is C=C(Cl)C(C)=CCCc1ncc(C)cc1Cl. The molecule has 0 aliphatic carbocycles. The minimum atomic E-state index is 0.586. The summed E-state index contributed by atoms with van der Waals surface area (Å²) < 4.78 is 0. The third-order valence-corrected chi connectivity index (χ3v) is 2.94. The summed E-state index contributed by atoms with van der Waals surface area (Å²) in [6, 6.07) is 1.93. The molecule has 0 fully saturated rings. The van der Waals surface area contributed by atoms with Crippen LogP contribution in [0.2, 0.25) is 5.02 Å². The molecular formula is C13H15Cl2N. The van der Waals surface area contributed by atoms with E-state index in [1.54, 1.807) is 0 Å². The van der Waals surface area contributed by atoms with Gasteiger partial charge in [0.1, 0.15) is 0 Å². The zero-order chi connectivity index (χ0) is 12.1. The van der Waals surface area contributed by atoms with Gasteiger partial charge in [-0.25, -0.2) is 0 Å². The second-order valence-corrected chi connectivity index (χ2v) is 4.64. The highest BCUT2D eigenvalue weighted by Crippen LogP contribution is 2.18. The van der Waals surface area contributed by atoms with E-state index in [-0.39, 0.29) is 0 Å². The Morgan fingerprint density at radius 2 is 2.25 bits per heavy atom. The number of pyridine rings is 1. The zero-order valence-corrected chi connectivity index (χ0v) is 11.1. The van der Waals surface area contributed by atoms with E-state index < -0.39 is 0 Å². The van der Waals surface area contributed by atoms with Gasteiger partial charge in [-0.05, 0) is 43.9 Å². The van der Waals surface area contributed by atoms with E-state index in [1.807, 2.05) is 32.2 Å². The van der Waals surface area contributed by atoms with Crippen molar-refractivity contribution in [3.8, 4) is 0 Å². The van der Waals surface area contributed by atoms with Crippen molar-refractivity contribution in [3.05, 3.63) is 51.8 Å². The molecule has 0 saturated carbocycles. The maximum absolute atomic E-state index is 6.08. The third-order valence-electron chi connectivity index (χ3n) is 2.31. The molecule has 0 spiro atoms. The van der Waals surface area contributed by atoms with Gasteiger partial charge >= 0.3 is 0 Å². The topological polar surface area (TPSA) is 12.9 Å². The van der Waals surface area contributed by atoms with Crippen molar-refractivity contribution in [2.24, 2.45) is 0 Å². The Morgan fingerprint density at radius 1 is 1.56 bits per heavy atom. The zero-order valence-electron chi connectivity index (χ0n) is 9.56. The van der Waals surface area contributed by atoms with Gasteiger partial charge in [-0.2, -0.15) is 0 Å². The van der Waals surface area contributed by atoms with E-state index in [1.165, 1.54) is 0 Å². The standard InChI is InChI=1S/C13H15Cl2N/c1-9-7-12(15)13(16-8-9)6-4-5-10(2)11(3)14/h5,7-8H,3-4,6H2,1-2H3. The van der Waals surface area contributed by atoms with Crippen molar-refractivity contribution in [1.82, 2.24) is 4.98 Å². The lowest BCUT2D eigenvalue weighted by Gasteiger charge is -2.03. The Bertz CT molecular complexity index is 422.